The van der Waals surface area contributed by atoms with Crippen LogP contribution in [0.2, 0.25) is 5.02 Å². The molecule has 180 valence electrons. The van der Waals surface area contributed by atoms with E-state index in [-0.39, 0.29) is 17.0 Å². The Hall–Kier alpha value is -1.61. The van der Waals surface area contributed by atoms with Crippen molar-refractivity contribution in [3.63, 3.8) is 0 Å². The van der Waals surface area contributed by atoms with Crippen molar-refractivity contribution in [1.82, 2.24) is 9.62 Å². The predicted molar refractivity (Wildman–Crippen MR) is 123 cm³/mol. The maximum Gasteiger partial charge on any atom is 0.416 e. The topological polar surface area (TPSA) is 49.4 Å². The van der Waals surface area contributed by atoms with Crippen LogP contribution in [-0.2, 0) is 22.6 Å². The Morgan fingerprint density at radius 2 is 1.70 bits per heavy atom. The fourth-order valence-corrected chi connectivity index (χ4v) is 6.54. The van der Waals surface area contributed by atoms with Crippen LogP contribution in [0, 0.1) is 5.92 Å². The Morgan fingerprint density at radius 1 is 1.00 bits per heavy atom. The number of piperidine rings is 1. The van der Waals surface area contributed by atoms with Crippen molar-refractivity contribution in [3.05, 3.63) is 64.7 Å². The van der Waals surface area contributed by atoms with Crippen LogP contribution in [0.4, 0.5) is 13.2 Å². The summed E-state index contributed by atoms with van der Waals surface area (Å²) < 4.78 is 67.5. The number of sulfonamides is 1. The Kier molecular flexibility index (Phi) is 7.38. The van der Waals surface area contributed by atoms with Gasteiger partial charge in [-0.05, 0) is 87.0 Å². The third-order valence-corrected chi connectivity index (χ3v) is 8.55. The molecule has 1 aliphatic heterocycles. The van der Waals surface area contributed by atoms with Gasteiger partial charge in [-0.25, -0.2) is 13.1 Å². The number of likely N-dealkylation sites (tertiary alicyclic amines) is 1. The maximum absolute atomic E-state index is 13.0. The van der Waals surface area contributed by atoms with Gasteiger partial charge in [-0.2, -0.15) is 13.2 Å². The molecule has 2 atom stereocenters. The lowest BCUT2D eigenvalue weighted by Crippen LogP contribution is -2.51. The predicted octanol–water partition coefficient (Wildman–Crippen LogP) is 5.51. The largest absolute Gasteiger partial charge is 0.416 e. The first-order chi connectivity index (χ1) is 15.6. The standard InChI is InChI=1S/C24H28ClF3N2O2S/c25-20-9-7-17(8-10-20)15-18-11-13-30(14-12-18)23-6-2-5-22(23)29-33(31,32)21-4-1-3-19(16-21)24(26,27)28/h1,3-4,7-10,16,18,22-23,29H,2,5-6,11-15H2. The van der Waals surface area contributed by atoms with Gasteiger partial charge in [0.25, 0.3) is 0 Å². The van der Waals surface area contributed by atoms with E-state index >= 15 is 0 Å². The lowest BCUT2D eigenvalue weighted by molar-refractivity contribution is -0.137. The van der Waals surface area contributed by atoms with E-state index < -0.39 is 21.8 Å². The van der Waals surface area contributed by atoms with Gasteiger partial charge < -0.3 is 0 Å². The monoisotopic (exact) mass is 500 g/mol. The van der Waals surface area contributed by atoms with E-state index in [1.54, 1.807) is 0 Å². The minimum Gasteiger partial charge on any atom is -0.299 e. The molecule has 2 aromatic carbocycles. The number of benzene rings is 2. The smallest absolute Gasteiger partial charge is 0.299 e. The van der Waals surface area contributed by atoms with Gasteiger partial charge >= 0.3 is 6.18 Å². The molecule has 2 fully saturated rings. The Labute approximate surface area is 198 Å². The molecule has 2 aliphatic rings. The molecule has 4 nitrogen and oxygen atoms in total. The van der Waals surface area contributed by atoms with Crippen LogP contribution in [0.3, 0.4) is 0 Å². The van der Waals surface area contributed by atoms with E-state index in [2.05, 4.69) is 21.8 Å². The summed E-state index contributed by atoms with van der Waals surface area (Å²) in [7, 11) is -4.04. The van der Waals surface area contributed by atoms with Crippen LogP contribution < -0.4 is 4.72 Å². The summed E-state index contributed by atoms with van der Waals surface area (Å²) in [6.45, 7) is 1.79. The third kappa shape index (κ3) is 6.10. The van der Waals surface area contributed by atoms with Crippen molar-refractivity contribution < 1.29 is 21.6 Å². The van der Waals surface area contributed by atoms with Crippen molar-refractivity contribution in [2.75, 3.05) is 13.1 Å². The molecule has 9 heteroatoms. The molecule has 1 N–H and O–H groups in total. The summed E-state index contributed by atoms with van der Waals surface area (Å²) in [6.07, 6.45) is 0.952. The van der Waals surface area contributed by atoms with Gasteiger partial charge in [0.1, 0.15) is 0 Å². The molecule has 1 aliphatic carbocycles. The summed E-state index contributed by atoms with van der Waals surface area (Å²) in [5.74, 6) is 0.573. The highest BCUT2D eigenvalue weighted by molar-refractivity contribution is 7.89. The first-order valence-electron chi connectivity index (χ1n) is 11.3. The molecule has 1 saturated heterocycles. The van der Waals surface area contributed by atoms with E-state index in [1.807, 2.05) is 12.1 Å². The summed E-state index contributed by atoms with van der Waals surface area (Å²) in [5.41, 5.74) is 0.307. The average Bonchev–Trinajstić information content (AvgIpc) is 3.23. The summed E-state index contributed by atoms with van der Waals surface area (Å²) in [4.78, 5) is 2.01. The van der Waals surface area contributed by atoms with E-state index in [0.29, 0.717) is 18.4 Å². The number of halogens is 4. The van der Waals surface area contributed by atoms with Gasteiger partial charge in [0.2, 0.25) is 10.0 Å². The zero-order valence-corrected chi connectivity index (χ0v) is 19.8. The number of nitrogens with one attached hydrogen (secondary N) is 1. The molecule has 1 saturated carbocycles. The van der Waals surface area contributed by atoms with E-state index in [9.17, 15) is 21.6 Å². The molecular weight excluding hydrogens is 473 g/mol. The molecular formula is C24H28ClF3N2O2S. The normalized spacial score (nSPS) is 23.2. The van der Waals surface area contributed by atoms with Crippen molar-refractivity contribution in [1.29, 1.82) is 0 Å². The van der Waals surface area contributed by atoms with Crippen molar-refractivity contribution in [2.24, 2.45) is 5.92 Å². The van der Waals surface area contributed by atoms with Crippen LogP contribution in [0.15, 0.2) is 53.4 Å². The summed E-state index contributed by atoms with van der Waals surface area (Å²) in [5, 5.41) is 0.730. The molecule has 4 rings (SSSR count). The van der Waals surface area contributed by atoms with Gasteiger partial charge in [-0.15, -0.1) is 0 Å². The molecule has 0 bridgehead atoms. The molecule has 0 spiro atoms. The van der Waals surface area contributed by atoms with Crippen LogP contribution >= 0.6 is 11.6 Å². The average molecular weight is 501 g/mol. The molecule has 0 amide bonds. The third-order valence-electron chi connectivity index (χ3n) is 6.81. The zero-order valence-electron chi connectivity index (χ0n) is 18.2. The van der Waals surface area contributed by atoms with Crippen LogP contribution in [0.25, 0.3) is 0 Å². The Balaban J connectivity index is 1.37. The van der Waals surface area contributed by atoms with Gasteiger partial charge in [-0.1, -0.05) is 36.2 Å². The molecule has 2 aromatic rings. The second kappa shape index (κ2) is 9.94. The van der Waals surface area contributed by atoms with E-state index in [1.165, 1.54) is 11.6 Å². The second-order valence-electron chi connectivity index (χ2n) is 9.06. The molecule has 1 heterocycles. The van der Waals surface area contributed by atoms with Gasteiger partial charge in [0.15, 0.2) is 0 Å². The van der Waals surface area contributed by atoms with E-state index in [4.69, 9.17) is 11.6 Å². The van der Waals surface area contributed by atoms with E-state index in [0.717, 1.165) is 62.3 Å². The second-order valence-corrected chi connectivity index (χ2v) is 11.2. The van der Waals surface area contributed by atoms with Crippen molar-refractivity contribution in [2.45, 2.75) is 61.7 Å². The van der Waals surface area contributed by atoms with Crippen LogP contribution in [-0.4, -0.2) is 38.5 Å². The van der Waals surface area contributed by atoms with Crippen molar-refractivity contribution >= 4 is 21.6 Å². The number of hydrogen-bond acceptors (Lipinski definition) is 3. The fourth-order valence-electron chi connectivity index (χ4n) is 5.06. The lowest BCUT2D eigenvalue weighted by atomic mass is 9.89. The number of rotatable bonds is 6. The number of nitrogens with zero attached hydrogens (tertiary/aromatic N) is 1. The molecule has 33 heavy (non-hydrogen) atoms. The van der Waals surface area contributed by atoms with Gasteiger partial charge in [0.05, 0.1) is 10.5 Å². The van der Waals surface area contributed by atoms with Crippen LogP contribution in [0.5, 0.6) is 0 Å². The molecule has 2 unspecified atom stereocenters. The lowest BCUT2D eigenvalue weighted by Gasteiger charge is -2.38. The zero-order chi connectivity index (χ0) is 23.6. The Morgan fingerprint density at radius 3 is 2.36 bits per heavy atom. The minimum absolute atomic E-state index is 0.0713. The fraction of sp³-hybridized carbons (Fsp3) is 0.500. The molecule has 0 radical (unpaired) electrons. The first-order valence-corrected chi connectivity index (χ1v) is 13.2. The highest BCUT2D eigenvalue weighted by Gasteiger charge is 2.37. The highest BCUT2D eigenvalue weighted by atomic mass is 35.5. The quantitative estimate of drug-likeness (QED) is 0.568. The number of hydrogen-bond donors (Lipinski definition) is 1. The maximum atomic E-state index is 13.0. The number of alkyl halides is 3. The van der Waals surface area contributed by atoms with Gasteiger partial charge in [0, 0.05) is 17.1 Å². The SMILES string of the molecule is O=S(=O)(NC1CCCC1N1CCC(Cc2ccc(Cl)cc2)CC1)c1cccc(C(F)(F)F)c1. The summed E-state index contributed by atoms with van der Waals surface area (Å²) in [6, 6.07) is 11.6. The highest BCUT2D eigenvalue weighted by Crippen LogP contribution is 2.33. The van der Waals surface area contributed by atoms with Crippen LogP contribution in [0.1, 0.15) is 43.2 Å². The van der Waals surface area contributed by atoms with Gasteiger partial charge in [-0.3, -0.25) is 4.90 Å². The van der Waals surface area contributed by atoms with Crippen molar-refractivity contribution in [3.8, 4) is 0 Å². The molecule has 0 aromatic heterocycles. The Bertz CT molecular complexity index is 1050. The summed E-state index contributed by atoms with van der Waals surface area (Å²) >= 11 is 5.97. The minimum atomic E-state index is -4.59. The first kappa shape index (κ1) is 24.5.